The molecular weight excluding hydrogens is 210 g/mol. The molecule has 0 saturated carbocycles. The zero-order valence-electron chi connectivity index (χ0n) is 9.63. The number of allylic oxidation sites excluding steroid dienone is 1. The highest BCUT2D eigenvalue weighted by Gasteiger charge is 2.00. The van der Waals surface area contributed by atoms with Crippen LogP contribution in [0.2, 0.25) is 0 Å². The second-order valence-corrected chi connectivity index (χ2v) is 3.85. The summed E-state index contributed by atoms with van der Waals surface area (Å²) in [5.41, 5.74) is 2.73. The van der Waals surface area contributed by atoms with Gasteiger partial charge in [0.15, 0.2) is 5.78 Å². The monoisotopic (exact) mass is 223 g/mol. The molecule has 0 radical (unpaired) electrons. The fourth-order valence-corrected chi connectivity index (χ4v) is 1.54. The highest BCUT2D eigenvalue weighted by Crippen LogP contribution is 2.07. The second kappa shape index (κ2) is 5.21. The lowest BCUT2D eigenvalue weighted by molar-refractivity contribution is 0.104. The number of hydrogen-bond acceptors (Lipinski definition) is 2. The third-order valence-corrected chi connectivity index (χ3v) is 2.41. The maximum absolute atomic E-state index is 11.9. The first kappa shape index (κ1) is 11.3. The molecule has 2 nitrogen and oxygen atoms in total. The fourth-order valence-electron chi connectivity index (χ4n) is 1.54. The standard InChI is InChI=1S/C15H13NO/c1-12-4-2-6-14(10-12)15(17)8-7-13-5-3-9-16-11-13/h2-11H,1H3/b8-7+. The average Bonchev–Trinajstić information content (AvgIpc) is 2.37. The van der Waals surface area contributed by atoms with Gasteiger partial charge in [-0.15, -0.1) is 0 Å². The molecule has 0 fully saturated rings. The van der Waals surface area contributed by atoms with Crippen LogP contribution in [0.4, 0.5) is 0 Å². The Morgan fingerprint density at radius 1 is 1.24 bits per heavy atom. The summed E-state index contributed by atoms with van der Waals surface area (Å²) in [6.45, 7) is 1.97. The highest BCUT2D eigenvalue weighted by atomic mass is 16.1. The molecule has 2 rings (SSSR count). The molecule has 0 amide bonds. The van der Waals surface area contributed by atoms with Gasteiger partial charge in [-0.2, -0.15) is 0 Å². The predicted molar refractivity (Wildman–Crippen MR) is 68.8 cm³/mol. The molecule has 84 valence electrons. The van der Waals surface area contributed by atoms with Crippen LogP contribution in [0.15, 0.2) is 54.9 Å². The van der Waals surface area contributed by atoms with E-state index in [0.29, 0.717) is 5.56 Å². The number of aryl methyl sites for hydroxylation is 1. The largest absolute Gasteiger partial charge is 0.289 e. The Bertz CT molecular complexity index is 544. The van der Waals surface area contributed by atoms with Crippen LogP contribution in [-0.4, -0.2) is 10.8 Å². The number of hydrogen-bond donors (Lipinski definition) is 0. The van der Waals surface area contributed by atoms with Crippen molar-refractivity contribution >= 4 is 11.9 Å². The first-order valence-electron chi connectivity index (χ1n) is 5.45. The van der Waals surface area contributed by atoms with E-state index in [4.69, 9.17) is 0 Å². The molecule has 0 N–H and O–H groups in total. The minimum absolute atomic E-state index is 0.0116. The first-order chi connectivity index (χ1) is 8.25. The van der Waals surface area contributed by atoms with E-state index < -0.39 is 0 Å². The van der Waals surface area contributed by atoms with Gasteiger partial charge in [0, 0.05) is 18.0 Å². The lowest BCUT2D eigenvalue weighted by atomic mass is 10.1. The van der Waals surface area contributed by atoms with Gasteiger partial charge in [-0.1, -0.05) is 29.8 Å². The molecular formula is C15H13NO. The van der Waals surface area contributed by atoms with Crippen LogP contribution in [0.1, 0.15) is 21.5 Å². The van der Waals surface area contributed by atoms with E-state index in [1.165, 1.54) is 0 Å². The topological polar surface area (TPSA) is 30.0 Å². The molecule has 0 aliphatic heterocycles. The van der Waals surface area contributed by atoms with Crippen molar-refractivity contribution in [3.8, 4) is 0 Å². The van der Waals surface area contributed by atoms with E-state index in [0.717, 1.165) is 11.1 Å². The van der Waals surface area contributed by atoms with Crippen LogP contribution in [0.5, 0.6) is 0 Å². The maximum Gasteiger partial charge on any atom is 0.185 e. The summed E-state index contributed by atoms with van der Waals surface area (Å²) in [7, 11) is 0. The highest BCUT2D eigenvalue weighted by molar-refractivity contribution is 6.06. The summed E-state index contributed by atoms with van der Waals surface area (Å²) in [6, 6.07) is 11.3. The molecule has 0 unspecified atom stereocenters. The number of benzene rings is 1. The predicted octanol–water partition coefficient (Wildman–Crippen LogP) is 3.29. The number of carbonyl (C=O) groups is 1. The summed E-state index contributed by atoms with van der Waals surface area (Å²) in [5, 5.41) is 0. The van der Waals surface area contributed by atoms with E-state index in [2.05, 4.69) is 4.98 Å². The lowest BCUT2D eigenvalue weighted by Gasteiger charge is -1.97. The Labute approximate surface area is 101 Å². The molecule has 1 heterocycles. The SMILES string of the molecule is Cc1cccc(C(=O)/C=C/c2cccnc2)c1. The molecule has 0 spiro atoms. The van der Waals surface area contributed by atoms with Crippen LogP contribution in [0.25, 0.3) is 6.08 Å². The first-order valence-corrected chi connectivity index (χ1v) is 5.45. The Morgan fingerprint density at radius 2 is 2.12 bits per heavy atom. The van der Waals surface area contributed by atoms with Gasteiger partial charge >= 0.3 is 0 Å². The van der Waals surface area contributed by atoms with E-state index in [9.17, 15) is 4.79 Å². The van der Waals surface area contributed by atoms with Gasteiger partial charge in [0.1, 0.15) is 0 Å². The van der Waals surface area contributed by atoms with Gasteiger partial charge in [-0.05, 0) is 36.8 Å². The molecule has 2 heteroatoms. The average molecular weight is 223 g/mol. The van der Waals surface area contributed by atoms with Crippen molar-refractivity contribution in [2.75, 3.05) is 0 Å². The lowest BCUT2D eigenvalue weighted by Crippen LogP contribution is -1.94. The number of nitrogens with zero attached hydrogens (tertiary/aromatic N) is 1. The number of rotatable bonds is 3. The Hall–Kier alpha value is -2.22. The Kier molecular flexibility index (Phi) is 3.46. The molecule has 0 bridgehead atoms. The van der Waals surface area contributed by atoms with E-state index in [1.54, 1.807) is 24.5 Å². The van der Waals surface area contributed by atoms with Gasteiger partial charge < -0.3 is 0 Å². The van der Waals surface area contributed by atoms with Crippen LogP contribution in [0, 0.1) is 6.92 Å². The van der Waals surface area contributed by atoms with Gasteiger partial charge in [0.05, 0.1) is 0 Å². The van der Waals surface area contributed by atoms with Crippen molar-refractivity contribution in [1.29, 1.82) is 0 Å². The Balaban J connectivity index is 2.15. The third kappa shape index (κ3) is 3.11. The number of ketones is 1. The summed E-state index contributed by atoms with van der Waals surface area (Å²) in [4.78, 5) is 15.8. The van der Waals surface area contributed by atoms with Crippen molar-refractivity contribution in [1.82, 2.24) is 4.98 Å². The second-order valence-electron chi connectivity index (χ2n) is 3.85. The van der Waals surface area contributed by atoms with Gasteiger partial charge in [-0.3, -0.25) is 9.78 Å². The molecule has 17 heavy (non-hydrogen) atoms. The van der Waals surface area contributed by atoms with Gasteiger partial charge in [0.25, 0.3) is 0 Å². The molecule has 0 aliphatic rings. The molecule has 0 aliphatic carbocycles. The van der Waals surface area contributed by atoms with Crippen molar-refractivity contribution in [2.45, 2.75) is 6.92 Å². The summed E-state index contributed by atoms with van der Waals surface area (Å²) in [6.07, 6.45) is 6.78. The van der Waals surface area contributed by atoms with Crippen molar-refractivity contribution < 1.29 is 4.79 Å². The van der Waals surface area contributed by atoms with Gasteiger partial charge in [0.2, 0.25) is 0 Å². The molecule has 1 aromatic heterocycles. The van der Waals surface area contributed by atoms with Crippen molar-refractivity contribution in [3.63, 3.8) is 0 Å². The number of aromatic nitrogens is 1. The smallest absolute Gasteiger partial charge is 0.185 e. The normalized spacial score (nSPS) is 10.6. The molecule has 2 aromatic rings. The fraction of sp³-hybridized carbons (Fsp3) is 0.0667. The van der Waals surface area contributed by atoms with E-state index >= 15 is 0 Å². The third-order valence-electron chi connectivity index (χ3n) is 2.41. The quantitative estimate of drug-likeness (QED) is 0.590. The Morgan fingerprint density at radius 3 is 2.82 bits per heavy atom. The van der Waals surface area contributed by atoms with Gasteiger partial charge in [-0.25, -0.2) is 0 Å². The summed E-state index contributed by atoms with van der Waals surface area (Å²) >= 11 is 0. The van der Waals surface area contributed by atoms with Crippen LogP contribution < -0.4 is 0 Å². The molecule has 0 saturated heterocycles. The number of pyridine rings is 1. The number of carbonyl (C=O) groups excluding carboxylic acids is 1. The zero-order valence-corrected chi connectivity index (χ0v) is 9.63. The van der Waals surface area contributed by atoms with Crippen LogP contribution in [0.3, 0.4) is 0 Å². The van der Waals surface area contributed by atoms with E-state index in [1.807, 2.05) is 43.3 Å². The van der Waals surface area contributed by atoms with Crippen LogP contribution in [-0.2, 0) is 0 Å². The van der Waals surface area contributed by atoms with Crippen molar-refractivity contribution in [3.05, 3.63) is 71.6 Å². The minimum Gasteiger partial charge on any atom is -0.289 e. The molecule has 0 atom stereocenters. The summed E-state index contributed by atoms with van der Waals surface area (Å²) in [5.74, 6) is 0.0116. The maximum atomic E-state index is 11.9. The van der Waals surface area contributed by atoms with Crippen molar-refractivity contribution in [2.24, 2.45) is 0 Å². The molecule has 1 aromatic carbocycles. The van der Waals surface area contributed by atoms with E-state index in [-0.39, 0.29) is 5.78 Å². The van der Waals surface area contributed by atoms with Crippen LogP contribution >= 0.6 is 0 Å². The zero-order chi connectivity index (χ0) is 12.1. The summed E-state index contributed by atoms with van der Waals surface area (Å²) < 4.78 is 0. The minimum atomic E-state index is 0.0116.